The van der Waals surface area contributed by atoms with E-state index in [0.29, 0.717) is 17.9 Å². The van der Waals surface area contributed by atoms with E-state index in [2.05, 4.69) is 0 Å². The first-order valence-electron chi connectivity index (χ1n) is 6.17. The van der Waals surface area contributed by atoms with Crippen LogP contribution in [0.2, 0.25) is 0 Å². The highest BCUT2D eigenvalue weighted by Gasteiger charge is 2.22. The lowest BCUT2D eigenvalue weighted by Crippen LogP contribution is -2.25. The summed E-state index contributed by atoms with van der Waals surface area (Å²) in [7, 11) is 1.32. The number of furan rings is 1. The van der Waals surface area contributed by atoms with Crippen molar-refractivity contribution in [3.05, 3.63) is 54.2 Å². The Morgan fingerprint density at radius 3 is 2.85 bits per heavy atom. The molecule has 0 saturated heterocycles. The van der Waals surface area contributed by atoms with Crippen molar-refractivity contribution in [2.45, 2.75) is 6.42 Å². The molecule has 0 spiro atoms. The third-order valence-electron chi connectivity index (χ3n) is 2.81. The average Bonchev–Trinajstić information content (AvgIpc) is 2.95. The standard InChI is InChI=1S/C15H15FO4/c1-18-15(17)11(8-13-6-3-7-19-13)10-20-14-5-2-4-12(16)9-14/h2-7,9,11H,8,10H2,1H3. The second-order valence-electron chi connectivity index (χ2n) is 4.27. The Balaban J connectivity index is 1.99. The predicted octanol–water partition coefficient (Wildman–Crippen LogP) is 2.83. The van der Waals surface area contributed by atoms with Crippen LogP contribution in [-0.4, -0.2) is 19.7 Å². The van der Waals surface area contributed by atoms with Gasteiger partial charge in [-0.05, 0) is 24.3 Å². The molecule has 106 valence electrons. The normalized spacial score (nSPS) is 11.9. The molecule has 5 heteroatoms. The molecule has 0 amide bonds. The Morgan fingerprint density at radius 1 is 1.35 bits per heavy atom. The van der Waals surface area contributed by atoms with Crippen LogP contribution >= 0.6 is 0 Å². The topological polar surface area (TPSA) is 48.7 Å². The molecule has 1 aromatic carbocycles. The van der Waals surface area contributed by atoms with Gasteiger partial charge in [0.1, 0.15) is 23.9 Å². The van der Waals surface area contributed by atoms with Crippen LogP contribution in [0.25, 0.3) is 0 Å². The maximum Gasteiger partial charge on any atom is 0.312 e. The van der Waals surface area contributed by atoms with Crippen molar-refractivity contribution < 1.29 is 23.1 Å². The lowest BCUT2D eigenvalue weighted by atomic mass is 10.1. The van der Waals surface area contributed by atoms with Crippen LogP contribution < -0.4 is 4.74 Å². The Kier molecular flexibility index (Phi) is 4.76. The first-order chi connectivity index (χ1) is 9.69. The van der Waals surface area contributed by atoms with Gasteiger partial charge in [0.2, 0.25) is 0 Å². The summed E-state index contributed by atoms with van der Waals surface area (Å²) < 4.78 is 28.4. The van der Waals surface area contributed by atoms with Gasteiger partial charge in [-0.15, -0.1) is 0 Å². The highest BCUT2D eigenvalue weighted by atomic mass is 19.1. The smallest absolute Gasteiger partial charge is 0.312 e. The van der Waals surface area contributed by atoms with E-state index in [1.54, 1.807) is 24.3 Å². The van der Waals surface area contributed by atoms with Crippen LogP contribution in [0.5, 0.6) is 5.75 Å². The predicted molar refractivity (Wildman–Crippen MR) is 69.8 cm³/mol. The summed E-state index contributed by atoms with van der Waals surface area (Å²) in [6.07, 6.45) is 1.91. The second kappa shape index (κ2) is 6.75. The van der Waals surface area contributed by atoms with Gasteiger partial charge in [0.15, 0.2) is 0 Å². The zero-order chi connectivity index (χ0) is 14.4. The van der Waals surface area contributed by atoms with E-state index in [1.807, 2.05) is 0 Å². The number of esters is 1. The SMILES string of the molecule is COC(=O)C(COc1cccc(F)c1)Cc1ccco1. The van der Waals surface area contributed by atoms with E-state index in [9.17, 15) is 9.18 Å². The van der Waals surface area contributed by atoms with E-state index >= 15 is 0 Å². The largest absolute Gasteiger partial charge is 0.493 e. The summed E-state index contributed by atoms with van der Waals surface area (Å²) in [4.78, 5) is 11.7. The van der Waals surface area contributed by atoms with Gasteiger partial charge in [0.25, 0.3) is 0 Å². The molecule has 4 nitrogen and oxygen atoms in total. The average molecular weight is 278 g/mol. The molecule has 1 aromatic heterocycles. The monoisotopic (exact) mass is 278 g/mol. The Bertz CT molecular complexity index is 551. The molecule has 0 aliphatic rings. The first kappa shape index (κ1) is 14.1. The number of hydrogen-bond donors (Lipinski definition) is 0. The molecule has 2 rings (SSSR count). The quantitative estimate of drug-likeness (QED) is 0.762. The third kappa shape index (κ3) is 3.85. The van der Waals surface area contributed by atoms with E-state index in [1.165, 1.54) is 25.5 Å². The van der Waals surface area contributed by atoms with Crippen molar-refractivity contribution in [2.75, 3.05) is 13.7 Å². The van der Waals surface area contributed by atoms with E-state index < -0.39 is 11.9 Å². The number of carbonyl (C=O) groups excluding carboxylic acids is 1. The maximum atomic E-state index is 13.0. The fourth-order valence-electron chi connectivity index (χ4n) is 1.80. The molecule has 20 heavy (non-hydrogen) atoms. The molecule has 1 atom stereocenters. The van der Waals surface area contributed by atoms with E-state index in [4.69, 9.17) is 13.9 Å². The molecule has 1 unspecified atom stereocenters. The van der Waals surface area contributed by atoms with Gasteiger partial charge in [-0.3, -0.25) is 4.79 Å². The van der Waals surface area contributed by atoms with Crippen molar-refractivity contribution in [1.29, 1.82) is 0 Å². The van der Waals surface area contributed by atoms with Crippen molar-refractivity contribution in [2.24, 2.45) is 5.92 Å². The van der Waals surface area contributed by atoms with Gasteiger partial charge >= 0.3 is 5.97 Å². The Morgan fingerprint density at radius 2 is 2.20 bits per heavy atom. The summed E-state index contributed by atoms with van der Waals surface area (Å²) >= 11 is 0. The summed E-state index contributed by atoms with van der Waals surface area (Å²) in [5.74, 6) is -0.239. The molecule has 0 bridgehead atoms. The summed E-state index contributed by atoms with van der Waals surface area (Å²) in [6, 6.07) is 9.29. The molecule has 0 N–H and O–H groups in total. The number of benzene rings is 1. The molecule has 0 aliphatic carbocycles. The van der Waals surface area contributed by atoms with Gasteiger partial charge in [-0.2, -0.15) is 0 Å². The fraction of sp³-hybridized carbons (Fsp3) is 0.267. The number of ether oxygens (including phenoxy) is 2. The third-order valence-corrected chi connectivity index (χ3v) is 2.81. The van der Waals surface area contributed by atoms with Crippen LogP contribution in [0.3, 0.4) is 0 Å². The van der Waals surface area contributed by atoms with Gasteiger partial charge in [0.05, 0.1) is 19.3 Å². The van der Waals surface area contributed by atoms with Crippen molar-refractivity contribution in [1.82, 2.24) is 0 Å². The van der Waals surface area contributed by atoms with E-state index in [0.717, 1.165) is 0 Å². The lowest BCUT2D eigenvalue weighted by Gasteiger charge is -2.14. The number of methoxy groups -OCH3 is 1. The molecule has 1 heterocycles. The number of hydrogen-bond acceptors (Lipinski definition) is 4. The van der Waals surface area contributed by atoms with Crippen molar-refractivity contribution in [3.8, 4) is 5.75 Å². The molecule has 2 aromatic rings. The minimum atomic E-state index is -0.505. The van der Waals surface area contributed by atoms with E-state index in [-0.39, 0.29) is 12.4 Å². The fourth-order valence-corrected chi connectivity index (χ4v) is 1.80. The number of carbonyl (C=O) groups is 1. The molecular formula is C15H15FO4. The first-order valence-corrected chi connectivity index (χ1v) is 6.17. The van der Waals surface area contributed by atoms with Crippen LogP contribution in [0, 0.1) is 11.7 Å². The minimum Gasteiger partial charge on any atom is -0.493 e. The van der Waals surface area contributed by atoms with Gasteiger partial charge in [-0.25, -0.2) is 4.39 Å². The number of rotatable bonds is 6. The highest BCUT2D eigenvalue weighted by molar-refractivity contribution is 5.72. The highest BCUT2D eigenvalue weighted by Crippen LogP contribution is 2.16. The molecule has 0 fully saturated rings. The van der Waals surface area contributed by atoms with Gasteiger partial charge in [0, 0.05) is 12.5 Å². The minimum absolute atomic E-state index is 0.0941. The molecular weight excluding hydrogens is 263 g/mol. The second-order valence-corrected chi connectivity index (χ2v) is 4.27. The van der Waals surface area contributed by atoms with Crippen molar-refractivity contribution >= 4 is 5.97 Å². The van der Waals surface area contributed by atoms with Crippen LogP contribution in [-0.2, 0) is 16.0 Å². The van der Waals surface area contributed by atoms with Crippen LogP contribution in [0.1, 0.15) is 5.76 Å². The Labute approximate surface area is 116 Å². The maximum absolute atomic E-state index is 13.0. The molecule has 0 saturated carbocycles. The summed E-state index contributed by atoms with van der Waals surface area (Å²) in [5.41, 5.74) is 0. The molecule has 0 radical (unpaired) electrons. The zero-order valence-corrected chi connectivity index (χ0v) is 11.0. The van der Waals surface area contributed by atoms with Crippen LogP contribution in [0.15, 0.2) is 47.1 Å². The van der Waals surface area contributed by atoms with Crippen molar-refractivity contribution in [3.63, 3.8) is 0 Å². The molecule has 0 aliphatic heterocycles. The summed E-state index contributed by atoms with van der Waals surface area (Å²) in [6.45, 7) is 0.0941. The lowest BCUT2D eigenvalue weighted by molar-refractivity contribution is -0.146. The summed E-state index contributed by atoms with van der Waals surface area (Å²) in [5, 5.41) is 0. The Hall–Kier alpha value is -2.30. The van der Waals surface area contributed by atoms with Gasteiger partial charge < -0.3 is 13.9 Å². The van der Waals surface area contributed by atoms with Crippen LogP contribution in [0.4, 0.5) is 4.39 Å². The van der Waals surface area contributed by atoms with Gasteiger partial charge in [-0.1, -0.05) is 6.07 Å². The number of halogens is 1. The zero-order valence-electron chi connectivity index (χ0n) is 11.0.